The molecule has 1 aliphatic carbocycles. The smallest absolute Gasteiger partial charge is 0.234 e. The molecule has 2 aliphatic rings. The first-order chi connectivity index (χ1) is 15.7. The Morgan fingerprint density at radius 2 is 1.97 bits per heavy atom. The number of carbonyl (C=O) groups excluding carboxylic acids is 1. The molecule has 1 amide bonds. The molecule has 0 atom stereocenters. The third-order valence-electron chi connectivity index (χ3n) is 5.30. The van der Waals surface area contributed by atoms with Gasteiger partial charge in [0.05, 0.1) is 31.8 Å². The second-order valence-corrected chi connectivity index (χ2v) is 8.60. The lowest BCUT2D eigenvalue weighted by Gasteiger charge is -2.12. The van der Waals surface area contributed by atoms with E-state index in [1.54, 1.807) is 7.11 Å². The Morgan fingerprint density at radius 1 is 1.16 bits per heavy atom. The number of hydrogen-bond donors (Lipinski definition) is 1. The highest BCUT2D eigenvalue weighted by Crippen LogP contribution is 2.42. The van der Waals surface area contributed by atoms with Crippen LogP contribution in [-0.4, -0.2) is 46.7 Å². The van der Waals surface area contributed by atoms with Gasteiger partial charge < -0.3 is 19.5 Å². The van der Waals surface area contributed by atoms with Crippen molar-refractivity contribution in [2.75, 3.05) is 31.4 Å². The minimum absolute atomic E-state index is 0.123. The summed E-state index contributed by atoms with van der Waals surface area (Å²) in [5, 5.41) is 12.5. The van der Waals surface area contributed by atoms with Crippen molar-refractivity contribution in [2.45, 2.75) is 30.5 Å². The molecule has 3 aromatic rings. The van der Waals surface area contributed by atoms with Crippen LogP contribution < -0.4 is 19.5 Å². The Bertz CT molecular complexity index is 1130. The number of rotatable bonds is 7. The number of hydrogen-bond acceptors (Lipinski definition) is 7. The van der Waals surface area contributed by atoms with E-state index in [2.05, 4.69) is 20.1 Å². The number of amides is 1. The van der Waals surface area contributed by atoms with Crippen LogP contribution in [0.3, 0.4) is 0 Å². The summed E-state index contributed by atoms with van der Waals surface area (Å²) in [6.07, 6.45) is 3.02. The van der Waals surface area contributed by atoms with Crippen LogP contribution in [0.4, 0.5) is 5.69 Å². The number of thioether (sulfide) groups is 1. The van der Waals surface area contributed by atoms with E-state index in [9.17, 15) is 4.79 Å². The van der Waals surface area contributed by atoms with Crippen LogP contribution in [0, 0.1) is 0 Å². The Kier molecular flexibility index (Phi) is 5.89. The number of fused-ring (bicyclic) bond motifs is 1. The van der Waals surface area contributed by atoms with Crippen LogP contribution in [0.5, 0.6) is 17.2 Å². The molecule has 8 nitrogen and oxygen atoms in total. The van der Waals surface area contributed by atoms with Gasteiger partial charge in [0.15, 0.2) is 22.5 Å². The lowest BCUT2D eigenvalue weighted by atomic mass is 10.2. The molecule has 2 aromatic carbocycles. The van der Waals surface area contributed by atoms with Gasteiger partial charge in [-0.2, -0.15) is 0 Å². The van der Waals surface area contributed by atoms with Gasteiger partial charge >= 0.3 is 0 Å². The first kappa shape index (κ1) is 20.7. The molecule has 1 aliphatic heterocycles. The average molecular weight is 453 g/mol. The first-order valence-electron chi connectivity index (χ1n) is 10.6. The Morgan fingerprint density at radius 3 is 2.78 bits per heavy atom. The zero-order valence-corrected chi connectivity index (χ0v) is 18.6. The van der Waals surface area contributed by atoms with Gasteiger partial charge in [0.2, 0.25) is 5.91 Å². The molecule has 0 bridgehead atoms. The van der Waals surface area contributed by atoms with Gasteiger partial charge in [-0.25, -0.2) is 0 Å². The summed E-state index contributed by atoms with van der Waals surface area (Å²) < 4.78 is 19.0. The van der Waals surface area contributed by atoms with Crippen molar-refractivity contribution < 1.29 is 19.0 Å². The van der Waals surface area contributed by atoms with Crippen molar-refractivity contribution in [2.24, 2.45) is 0 Å². The van der Waals surface area contributed by atoms with E-state index >= 15 is 0 Å². The van der Waals surface area contributed by atoms with Gasteiger partial charge in [0, 0.05) is 18.0 Å². The second kappa shape index (κ2) is 9.12. The largest absolute Gasteiger partial charge is 0.495 e. The summed E-state index contributed by atoms with van der Waals surface area (Å²) in [5.41, 5.74) is 1.58. The van der Waals surface area contributed by atoms with Crippen LogP contribution >= 0.6 is 11.8 Å². The van der Waals surface area contributed by atoms with Crippen molar-refractivity contribution in [1.29, 1.82) is 0 Å². The number of methoxy groups -OCH3 is 1. The van der Waals surface area contributed by atoms with Gasteiger partial charge in [-0.1, -0.05) is 23.9 Å². The van der Waals surface area contributed by atoms with Gasteiger partial charge in [-0.05, 0) is 43.2 Å². The van der Waals surface area contributed by atoms with Gasteiger partial charge in [0.25, 0.3) is 0 Å². The maximum Gasteiger partial charge on any atom is 0.234 e. The molecule has 0 spiro atoms. The highest BCUT2D eigenvalue weighted by atomic mass is 32.2. The van der Waals surface area contributed by atoms with E-state index in [0.29, 0.717) is 30.7 Å². The molecule has 1 saturated carbocycles. The predicted octanol–water partition coefficient (Wildman–Crippen LogP) is 4.18. The number of carbonyl (C=O) groups is 1. The summed E-state index contributed by atoms with van der Waals surface area (Å²) >= 11 is 1.38. The van der Waals surface area contributed by atoms with Crippen LogP contribution in [0.1, 0.15) is 25.3 Å². The van der Waals surface area contributed by atoms with Crippen LogP contribution in [0.15, 0.2) is 47.6 Å². The van der Waals surface area contributed by atoms with Crippen LogP contribution in [0.2, 0.25) is 0 Å². The zero-order chi connectivity index (χ0) is 21.9. The molecule has 2 heterocycles. The van der Waals surface area contributed by atoms with E-state index in [4.69, 9.17) is 14.2 Å². The summed E-state index contributed by atoms with van der Waals surface area (Å²) in [4.78, 5) is 12.5. The Hall–Kier alpha value is -3.20. The average Bonchev–Trinajstić information content (AvgIpc) is 3.61. The lowest BCUT2D eigenvalue weighted by molar-refractivity contribution is -0.113. The van der Waals surface area contributed by atoms with Crippen molar-refractivity contribution in [3.8, 4) is 28.6 Å². The highest BCUT2D eigenvalue weighted by molar-refractivity contribution is 7.99. The zero-order valence-electron chi connectivity index (χ0n) is 17.7. The number of anilines is 1. The summed E-state index contributed by atoms with van der Waals surface area (Å²) in [5.74, 6) is 3.01. The van der Waals surface area contributed by atoms with Crippen molar-refractivity contribution >= 4 is 23.4 Å². The molecule has 9 heteroatoms. The predicted molar refractivity (Wildman–Crippen MR) is 122 cm³/mol. The molecule has 0 unspecified atom stereocenters. The van der Waals surface area contributed by atoms with Gasteiger partial charge in [0.1, 0.15) is 5.75 Å². The van der Waals surface area contributed by atoms with Gasteiger partial charge in [-0.15, -0.1) is 10.2 Å². The molecule has 1 N–H and O–H groups in total. The number of ether oxygens (including phenoxy) is 3. The number of benzene rings is 2. The molecule has 0 saturated heterocycles. The minimum atomic E-state index is -0.123. The Labute approximate surface area is 190 Å². The molecule has 166 valence electrons. The number of para-hydroxylation sites is 2. The Balaban J connectivity index is 1.33. The molecular formula is C23H24N4O4S. The summed E-state index contributed by atoms with van der Waals surface area (Å²) in [6, 6.07) is 13.6. The minimum Gasteiger partial charge on any atom is -0.495 e. The van der Waals surface area contributed by atoms with E-state index in [1.807, 2.05) is 42.5 Å². The standard InChI is InChI=1S/C23H24N4O4S/c1-29-18-6-3-2-5-17(18)24-21(28)14-32-23-26-25-22(27(23)16-8-9-16)15-7-10-19-20(13-15)31-12-4-11-30-19/h2-3,5-7,10,13,16H,4,8-9,11-12,14H2,1H3,(H,24,28). The SMILES string of the molecule is COc1ccccc1NC(=O)CSc1nnc(-c2ccc3c(c2)OCCCO3)n1C1CC1. The topological polar surface area (TPSA) is 87.5 Å². The fourth-order valence-electron chi connectivity index (χ4n) is 3.60. The van der Waals surface area contributed by atoms with E-state index in [1.165, 1.54) is 11.8 Å². The molecule has 5 rings (SSSR count). The van der Waals surface area contributed by atoms with Crippen molar-refractivity contribution in [3.05, 3.63) is 42.5 Å². The lowest BCUT2D eigenvalue weighted by Crippen LogP contribution is -2.15. The monoisotopic (exact) mass is 452 g/mol. The van der Waals surface area contributed by atoms with Crippen LogP contribution in [-0.2, 0) is 4.79 Å². The maximum absolute atomic E-state index is 12.5. The third-order valence-corrected chi connectivity index (χ3v) is 6.24. The summed E-state index contributed by atoms with van der Waals surface area (Å²) in [7, 11) is 1.58. The maximum atomic E-state index is 12.5. The molecular weight excluding hydrogens is 428 g/mol. The van der Waals surface area contributed by atoms with E-state index in [0.717, 1.165) is 47.3 Å². The molecule has 1 fully saturated rings. The normalized spacial score (nSPS) is 15.2. The number of nitrogens with zero attached hydrogens (tertiary/aromatic N) is 3. The highest BCUT2D eigenvalue weighted by Gasteiger charge is 2.31. The fraction of sp³-hybridized carbons (Fsp3) is 0.348. The van der Waals surface area contributed by atoms with Crippen molar-refractivity contribution in [1.82, 2.24) is 14.8 Å². The van der Waals surface area contributed by atoms with Crippen molar-refractivity contribution in [3.63, 3.8) is 0 Å². The quantitative estimate of drug-likeness (QED) is 0.538. The number of aromatic nitrogens is 3. The van der Waals surface area contributed by atoms with Gasteiger partial charge in [-0.3, -0.25) is 9.36 Å². The molecule has 0 radical (unpaired) electrons. The van der Waals surface area contributed by atoms with Crippen LogP contribution in [0.25, 0.3) is 11.4 Å². The fourth-order valence-corrected chi connectivity index (χ4v) is 4.41. The number of nitrogens with one attached hydrogen (secondary N) is 1. The van der Waals surface area contributed by atoms with E-state index < -0.39 is 0 Å². The van der Waals surface area contributed by atoms with E-state index in [-0.39, 0.29) is 11.7 Å². The molecule has 32 heavy (non-hydrogen) atoms. The third kappa shape index (κ3) is 4.38. The summed E-state index contributed by atoms with van der Waals surface area (Å²) in [6.45, 7) is 1.29. The first-order valence-corrected chi connectivity index (χ1v) is 11.6. The second-order valence-electron chi connectivity index (χ2n) is 7.66. The molecule has 1 aromatic heterocycles.